The maximum Gasteiger partial charge on any atom is -0.00853 e. The Morgan fingerprint density at radius 2 is 1.76 bits per heavy atom. The van der Waals surface area contributed by atoms with Crippen molar-refractivity contribution >= 4 is 0 Å². The fourth-order valence-corrected chi connectivity index (χ4v) is 9.32. The van der Waals surface area contributed by atoms with Crippen LogP contribution in [0.1, 0.15) is 119 Å². The lowest BCUT2D eigenvalue weighted by Crippen LogP contribution is -2.50. The van der Waals surface area contributed by atoms with Crippen LogP contribution in [0.4, 0.5) is 0 Å². The summed E-state index contributed by atoms with van der Waals surface area (Å²) in [6.45, 7) is 15.3. The Kier molecular flexibility index (Phi) is 6.32. The Labute approximate surface area is 182 Å². The zero-order valence-electron chi connectivity index (χ0n) is 20.6. The molecule has 8 atom stereocenters. The maximum atomic E-state index is 2.75. The standard InChI is InChI=1S/C29H50/c1-7-22(12-11-20(2)3)21(4)25-15-16-26-24-14-13-23-10-8-9-18-28(23,5)27(24)17-19-29(25,26)6/h13,20-22,24-27H,7-12,14-19H2,1-6H3. The van der Waals surface area contributed by atoms with Crippen LogP contribution in [0.2, 0.25) is 0 Å². The lowest BCUT2D eigenvalue weighted by Gasteiger charge is -2.58. The van der Waals surface area contributed by atoms with E-state index in [2.05, 4.69) is 47.6 Å². The van der Waals surface area contributed by atoms with Crippen molar-refractivity contribution in [1.29, 1.82) is 0 Å². The van der Waals surface area contributed by atoms with E-state index in [-0.39, 0.29) is 0 Å². The van der Waals surface area contributed by atoms with Crippen LogP contribution in [0.15, 0.2) is 11.6 Å². The first-order chi connectivity index (χ1) is 13.8. The van der Waals surface area contributed by atoms with Gasteiger partial charge in [0.15, 0.2) is 0 Å². The van der Waals surface area contributed by atoms with Gasteiger partial charge in [0.2, 0.25) is 0 Å². The second-order valence-corrected chi connectivity index (χ2v) is 12.7. The highest BCUT2D eigenvalue weighted by Crippen LogP contribution is 2.67. The fourth-order valence-electron chi connectivity index (χ4n) is 9.32. The summed E-state index contributed by atoms with van der Waals surface area (Å²) in [5.74, 6) is 6.71. The molecule has 4 rings (SSSR count). The molecule has 0 aromatic heterocycles. The van der Waals surface area contributed by atoms with E-state index in [0.717, 1.165) is 41.4 Å². The molecule has 0 heteroatoms. The summed E-state index contributed by atoms with van der Waals surface area (Å²) in [5.41, 5.74) is 3.06. The third-order valence-corrected chi connectivity index (χ3v) is 11.1. The Morgan fingerprint density at radius 3 is 2.48 bits per heavy atom. The Hall–Kier alpha value is -0.260. The second kappa shape index (κ2) is 8.35. The fraction of sp³-hybridized carbons (Fsp3) is 0.931. The first kappa shape index (κ1) is 22.0. The number of rotatable bonds is 6. The van der Waals surface area contributed by atoms with Crippen LogP contribution in [0.25, 0.3) is 0 Å². The van der Waals surface area contributed by atoms with Crippen molar-refractivity contribution in [2.24, 2.45) is 52.3 Å². The van der Waals surface area contributed by atoms with E-state index < -0.39 is 0 Å². The minimum atomic E-state index is 0.565. The summed E-state index contributed by atoms with van der Waals surface area (Å²) in [5, 5.41) is 0. The van der Waals surface area contributed by atoms with Gasteiger partial charge in [-0.25, -0.2) is 0 Å². The average Bonchev–Trinajstić information content (AvgIpc) is 3.04. The van der Waals surface area contributed by atoms with Crippen LogP contribution in [0, 0.1) is 52.3 Å². The van der Waals surface area contributed by atoms with Crippen molar-refractivity contribution in [3.05, 3.63) is 11.6 Å². The Balaban J connectivity index is 1.52. The molecular formula is C29H50. The van der Waals surface area contributed by atoms with Crippen LogP contribution < -0.4 is 0 Å². The van der Waals surface area contributed by atoms with Crippen molar-refractivity contribution in [2.75, 3.05) is 0 Å². The molecule has 0 spiro atoms. The van der Waals surface area contributed by atoms with E-state index in [1.165, 1.54) is 77.0 Å². The highest BCUT2D eigenvalue weighted by Gasteiger charge is 2.59. The molecule has 3 fully saturated rings. The summed E-state index contributed by atoms with van der Waals surface area (Å²) < 4.78 is 0. The van der Waals surface area contributed by atoms with Gasteiger partial charge in [-0.15, -0.1) is 0 Å². The van der Waals surface area contributed by atoms with Gasteiger partial charge in [0, 0.05) is 0 Å². The summed E-state index contributed by atoms with van der Waals surface area (Å²) in [6.07, 6.45) is 20.4. The first-order valence-electron chi connectivity index (χ1n) is 13.5. The predicted octanol–water partition coefficient (Wildman–Crippen LogP) is 9.05. The van der Waals surface area contributed by atoms with Crippen LogP contribution in [-0.4, -0.2) is 0 Å². The van der Waals surface area contributed by atoms with Gasteiger partial charge in [-0.3, -0.25) is 0 Å². The molecule has 29 heavy (non-hydrogen) atoms. The van der Waals surface area contributed by atoms with E-state index in [9.17, 15) is 0 Å². The molecule has 0 aromatic rings. The minimum Gasteiger partial charge on any atom is -0.0845 e. The summed E-state index contributed by atoms with van der Waals surface area (Å²) in [4.78, 5) is 0. The monoisotopic (exact) mass is 398 g/mol. The normalized spacial score (nSPS) is 43.9. The lowest BCUT2D eigenvalue weighted by atomic mass is 9.47. The van der Waals surface area contributed by atoms with E-state index >= 15 is 0 Å². The summed E-state index contributed by atoms with van der Waals surface area (Å²) in [7, 11) is 0. The highest BCUT2D eigenvalue weighted by atomic mass is 14.6. The smallest absolute Gasteiger partial charge is 0.00853 e. The Morgan fingerprint density at radius 1 is 0.966 bits per heavy atom. The van der Waals surface area contributed by atoms with E-state index in [4.69, 9.17) is 0 Å². The van der Waals surface area contributed by atoms with Crippen LogP contribution in [-0.2, 0) is 0 Å². The molecule has 0 amide bonds. The van der Waals surface area contributed by atoms with Gasteiger partial charge < -0.3 is 0 Å². The number of fused-ring (bicyclic) bond motifs is 5. The van der Waals surface area contributed by atoms with Gasteiger partial charge >= 0.3 is 0 Å². The van der Waals surface area contributed by atoms with Crippen molar-refractivity contribution < 1.29 is 0 Å². The van der Waals surface area contributed by atoms with Crippen molar-refractivity contribution in [3.63, 3.8) is 0 Å². The molecule has 0 nitrogen and oxygen atoms in total. The third kappa shape index (κ3) is 3.67. The molecule has 0 N–H and O–H groups in total. The molecule has 166 valence electrons. The molecule has 0 aromatic carbocycles. The second-order valence-electron chi connectivity index (χ2n) is 12.7. The van der Waals surface area contributed by atoms with Gasteiger partial charge in [-0.1, -0.05) is 72.5 Å². The van der Waals surface area contributed by atoms with Gasteiger partial charge in [0.25, 0.3) is 0 Å². The zero-order valence-corrected chi connectivity index (χ0v) is 20.6. The third-order valence-electron chi connectivity index (χ3n) is 11.1. The highest BCUT2D eigenvalue weighted by molar-refractivity contribution is 5.24. The van der Waals surface area contributed by atoms with Crippen molar-refractivity contribution in [1.82, 2.24) is 0 Å². The summed E-state index contributed by atoms with van der Waals surface area (Å²) in [6, 6.07) is 0. The molecule has 0 bridgehead atoms. The Bertz CT molecular complexity index is 599. The number of hydrogen-bond acceptors (Lipinski definition) is 0. The molecule has 0 aliphatic heterocycles. The zero-order chi connectivity index (χ0) is 20.8. The minimum absolute atomic E-state index is 0.565. The number of hydrogen-bond donors (Lipinski definition) is 0. The topological polar surface area (TPSA) is 0 Å². The SMILES string of the molecule is CCC(CCC(C)C)C(C)C1CCC2C3CC=C4CCCCC4(C)C3CCC12C. The molecule has 8 unspecified atom stereocenters. The number of allylic oxidation sites excluding steroid dienone is 2. The molecule has 3 saturated carbocycles. The summed E-state index contributed by atoms with van der Waals surface area (Å²) >= 11 is 0. The first-order valence-corrected chi connectivity index (χ1v) is 13.5. The van der Waals surface area contributed by atoms with E-state index in [1.807, 2.05) is 5.57 Å². The molecule has 4 aliphatic carbocycles. The largest absolute Gasteiger partial charge is 0.0845 e. The van der Waals surface area contributed by atoms with E-state index in [1.54, 1.807) is 0 Å². The quantitative estimate of drug-likeness (QED) is 0.391. The molecular weight excluding hydrogens is 348 g/mol. The van der Waals surface area contributed by atoms with Crippen molar-refractivity contribution in [3.8, 4) is 0 Å². The maximum absolute atomic E-state index is 2.75. The van der Waals surface area contributed by atoms with Crippen LogP contribution in [0.3, 0.4) is 0 Å². The van der Waals surface area contributed by atoms with Gasteiger partial charge in [0.1, 0.15) is 0 Å². The molecule has 0 heterocycles. The lowest BCUT2D eigenvalue weighted by molar-refractivity contribution is -0.0546. The van der Waals surface area contributed by atoms with Crippen molar-refractivity contribution in [2.45, 2.75) is 119 Å². The van der Waals surface area contributed by atoms with E-state index in [0.29, 0.717) is 10.8 Å². The molecule has 4 aliphatic rings. The van der Waals surface area contributed by atoms with Crippen LogP contribution >= 0.6 is 0 Å². The molecule has 0 saturated heterocycles. The van der Waals surface area contributed by atoms with Gasteiger partial charge in [-0.2, -0.15) is 0 Å². The predicted molar refractivity (Wildman–Crippen MR) is 127 cm³/mol. The van der Waals surface area contributed by atoms with Gasteiger partial charge in [-0.05, 0) is 110 Å². The van der Waals surface area contributed by atoms with Gasteiger partial charge in [0.05, 0.1) is 0 Å². The average molecular weight is 399 g/mol. The van der Waals surface area contributed by atoms with Crippen LogP contribution in [0.5, 0.6) is 0 Å². The molecule has 0 radical (unpaired) electrons.